The summed E-state index contributed by atoms with van der Waals surface area (Å²) >= 11 is 12.2. The van der Waals surface area contributed by atoms with E-state index < -0.39 is 22.6 Å². The number of hydrogen-bond donors (Lipinski definition) is 0. The van der Waals surface area contributed by atoms with Gasteiger partial charge in [0.2, 0.25) is 0 Å². The minimum Gasteiger partial charge on any atom is -0.458 e. The first-order chi connectivity index (χ1) is 15.2. The summed E-state index contributed by atoms with van der Waals surface area (Å²) in [6.45, 7) is 9.53. The minimum atomic E-state index is -1.52. The van der Waals surface area contributed by atoms with E-state index in [1.54, 1.807) is 18.2 Å². The number of halogens is 2. The van der Waals surface area contributed by atoms with Crippen molar-refractivity contribution in [3.63, 3.8) is 0 Å². The number of esters is 1. The van der Waals surface area contributed by atoms with Crippen LogP contribution in [0.1, 0.15) is 46.6 Å². The fourth-order valence-corrected chi connectivity index (χ4v) is 5.08. The Labute approximate surface area is 203 Å². The molecule has 0 amide bonds. The average Bonchev–Trinajstić information content (AvgIpc) is 2.75. The smallest absolute Gasteiger partial charge is 0.332 e. The lowest BCUT2D eigenvalue weighted by Gasteiger charge is -2.37. The summed E-state index contributed by atoms with van der Waals surface area (Å²) in [4.78, 5) is 12.5. The summed E-state index contributed by atoms with van der Waals surface area (Å²) in [5, 5.41) is 0.763. The van der Waals surface area contributed by atoms with Crippen molar-refractivity contribution in [1.82, 2.24) is 0 Å². The average molecular weight is 500 g/mol. The van der Waals surface area contributed by atoms with Gasteiger partial charge >= 0.3 is 5.97 Å². The van der Waals surface area contributed by atoms with Crippen LogP contribution in [0.25, 0.3) is 0 Å². The third kappa shape index (κ3) is 7.20. The van der Waals surface area contributed by atoms with Crippen molar-refractivity contribution in [2.75, 3.05) is 17.5 Å². The van der Waals surface area contributed by atoms with Gasteiger partial charge in [0.15, 0.2) is 11.0 Å². The molecule has 0 spiro atoms. The Hall–Kier alpha value is -1.60. The highest BCUT2D eigenvalue weighted by Gasteiger charge is 2.31. The van der Waals surface area contributed by atoms with Crippen molar-refractivity contribution < 1.29 is 18.5 Å². The molecule has 0 aliphatic carbocycles. The molecule has 0 aromatic heterocycles. The molecule has 0 fully saturated rings. The van der Waals surface area contributed by atoms with Crippen LogP contribution in [0.3, 0.4) is 0 Å². The number of para-hydroxylation sites is 1. The third-order valence-corrected chi connectivity index (χ3v) is 6.78. The number of aryl methyl sites for hydroxylation is 1. The molecule has 2 aromatic rings. The van der Waals surface area contributed by atoms with Gasteiger partial charge in [-0.2, -0.15) is 0 Å². The monoisotopic (exact) mass is 499 g/mol. The van der Waals surface area contributed by atoms with Gasteiger partial charge in [-0.15, -0.1) is 0 Å². The second kappa shape index (κ2) is 12.0. The normalized spacial score (nSPS) is 16.5. The van der Waals surface area contributed by atoms with Gasteiger partial charge in [-0.25, -0.2) is 9.00 Å². The van der Waals surface area contributed by atoms with Crippen LogP contribution in [0.4, 0.5) is 5.69 Å². The Kier molecular flexibility index (Phi) is 10.0. The zero-order valence-electron chi connectivity index (χ0n) is 19.2. The molecule has 0 saturated carbocycles. The number of benzene rings is 2. The van der Waals surface area contributed by atoms with Crippen LogP contribution in [-0.2, 0) is 31.7 Å². The van der Waals surface area contributed by atoms with Gasteiger partial charge in [-0.05, 0) is 63.4 Å². The largest absolute Gasteiger partial charge is 0.458 e. The number of fused-ring (bicyclic) bond motifs is 1. The maximum Gasteiger partial charge on any atom is 0.332 e. The molecule has 3 rings (SSSR count). The van der Waals surface area contributed by atoms with Gasteiger partial charge < -0.3 is 9.47 Å². The molecule has 5 nitrogen and oxygen atoms in total. The van der Waals surface area contributed by atoms with Crippen molar-refractivity contribution in [2.45, 2.75) is 64.0 Å². The van der Waals surface area contributed by atoms with E-state index >= 15 is 0 Å². The Balaban J connectivity index is 0.00000176. The van der Waals surface area contributed by atoms with Crippen LogP contribution in [0, 0.1) is 0 Å². The number of anilines is 1. The van der Waals surface area contributed by atoms with Crippen molar-refractivity contribution in [3.8, 4) is 0 Å². The zero-order valence-corrected chi connectivity index (χ0v) is 21.5. The van der Waals surface area contributed by atoms with E-state index in [-0.39, 0.29) is 19.3 Å². The van der Waals surface area contributed by atoms with E-state index in [1.165, 1.54) is 0 Å². The van der Waals surface area contributed by atoms with E-state index in [9.17, 15) is 9.00 Å². The number of carbonyl (C=O) groups is 1. The van der Waals surface area contributed by atoms with E-state index in [2.05, 4.69) is 0 Å². The molecule has 8 heteroatoms. The van der Waals surface area contributed by atoms with Crippen molar-refractivity contribution in [3.05, 3.63) is 58.1 Å². The molecule has 176 valence electrons. The number of ether oxygens (including phenoxy) is 2. The number of carbonyl (C=O) groups excluding carboxylic acids is 1. The Morgan fingerprint density at radius 3 is 2.47 bits per heavy atom. The molecule has 2 unspecified atom stereocenters. The van der Waals surface area contributed by atoms with E-state index in [1.807, 2.05) is 63.2 Å². The van der Waals surface area contributed by atoms with E-state index in [0.717, 1.165) is 24.1 Å². The predicted octanol–water partition coefficient (Wildman–Crippen LogP) is 6.22. The highest BCUT2D eigenvalue weighted by molar-refractivity contribution is 7.86. The lowest BCUT2D eigenvalue weighted by atomic mass is 9.98. The minimum absolute atomic E-state index is 0.150. The van der Waals surface area contributed by atoms with Gasteiger partial charge in [-0.3, -0.25) is 4.31 Å². The molecule has 0 radical (unpaired) electrons. The molecule has 1 aliphatic rings. The molecule has 0 N–H and O–H groups in total. The zero-order chi connectivity index (χ0) is 23.9. The molecule has 2 atom stereocenters. The molecule has 0 bridgehead atoms. The van der Waals surface area contributed by atoms with E-state index in [4.69, 9.17) is 32.7 Å². The highest BCUT2D eigenvalue weighted by Crippen LogP contribution is 2.35. The van der Waals surface area contributed by atoms with Gasteiger partial charge in [0.05, 0.1) is 33.3 Å². The Morgan fingerprint density at radius 1 is 1.12 bits per heavy atom. The summed E-state index contributed by atoms with van der Waals surface area (Å²) in [7, 11) is -1.52. The van der Waals surface area contributed by atoms with Crippen LogP contribution >= 0.6 is 23.2 Å². The van der Waals surface area contributed by atoms with Crippen LogP contribution in [0.15, 0.2) is 47.4 Å². The van der Waals surface area contributed by atoms with Gasteiger partial charge in [0.25, 0.3) is 0 Å². The Morgan fingerprint density at radius 2 is 1.81 bits per heavy atom. The molecule has 32 heavy (non-hydrogen) atoms. The van der Waals surface area contributed by atoms with Crippen LogP contribution in [-0.4, -0.2) is 35.0 Å². The second-order valence-electron chi connectivity index (χ2n) is 8.07. The molecule has 2 aromatic carbocycles. The molecular weight excluding hydrogens is 469 g/mol. The van der Waals surface area contributed by atoms with Crippen LogP contribution < -0.4 is 4.31 Å². The number of nitrogens with zero attached hydrogens (tertiary/aromatic N) is 1. The number of hydrogen-bond acceptors (Lipinski definition) is 4. The lowest BCUT2D eigenvalue weighted by molar-refractivity contribution is -0.160. The summed E-state index contributed by atoms with van der Waals surface area (Å²) in [6.07, 6.45) is 1.59. The van der Waals surface area contributed by atoms with E-state index in [0.29, 0.717) is 14.9 Å². The topological polar surface area (TPSA) is 55.8 Å². The first-order valence-corrected chi connectivity index (χ1v) is 12.6. The quantitative estimate of drug-likeness (QED) is 0.442. The first-order valence-electron chi connectivity index (χ1n) is 10.7. The summed E-state index contributed by atoms with van der Waals surface area (Å²) in [5.74, 6) is -0.420. The summed E-state index contributed by atoms with van der Waals surface area (Å²) < 4.78 is 26.3. The number of rotatable bonds is 6. The SMILES string of the molecule is CC.CC(C)(C)OC(=O)COCC1CCc2ccccc2N1S(=O)c1ccc(Cl)c(Cl)c1. The maximum absolute atomic E-state index is 13.5. The van der Waals surface area contributed by atoms with Crippen LogP contribution in [0.5, 0.6) is 0 Å². The van der Waals surface area contributed by atoms with Crippen LogP contribution in [0.2, 0.25) is 10.0 Å². The molecular formula is C24H31Cl2NO4S. The maximum atomic E-state index is 13.5. The first kappa shape index (κ1) is 26.7. The van der Waals surface area contributed by atoms with Gasteiger partial charge in [-0.1, -0.05) is 55.2 Å². The third-order valence-electron chi connectivity index (χ3n) is 4.53. The van der Waals surface area contributed by atoms with Gasteiger partial charge in [0.1, 0.15) is 12.2 Å². The van der Waals surface area contributed by atoms with Crippen molar-refractivity contribution >= 4 is 45.8 Å². The lowest BCUT2D eigenvalue weighted by Crippen LogP contribution is -2.44. The fourth-order valence-electron chi connectivity index (χ4n) is 3.30. The van der Waals surface area contributed by atoms with Gasteiger partial charge in [0, 0.05) is 0 Å². The highest BCUT2D eigenvalue weighted by atomic mass is 35.5. The standard InChI is InChI=1S/C22H25Cl2NO4S.C2H6/c1-22(2,3)29-21(26)14-28-13-16-9-8-15-6-4-5-7-20(15)25(16)30(27)17-10-11-18(23)19(24)12-17;1-2/h4-7,10-12,16H,8-9,13-14H2,1-3H3;1-2H3. The molecule has 1 aliphatic heterocycles. The second-order valence-corrected chi connectivity index (χ2v) is 10.3. The molecule has 0 saturated heterocycles. The Bertz CT molecular complexity index is 946. The predicted molar refractivity (Wildman–Crippen MR) is 132 cm³/mol. The summed E-state index contributed by atoms with van der Waals surface area (Å²) in [5.41, 5.74) is 1.44. The fraction of sp³-hybridized carbons (Fsp3) is 0.458. The molecule has 1 heterocycles. The van der Waals surface area contributed by atoms with Crippen molar-refractivity contribution in [1.29, 1.82) is 0 Å². The summed E-state index contributed by atoms with van der Waals surface area (Å²) in [6, 6.07) is 12.7. The van der Waals surface area contributed by atoms with Crippen molar-refractivity contribution in [2.24, 2.45) is 0 Å².